The molecule has 0 rings (SSSR count). The highest BCUT2D eigenvalue weighted by Gasteiger charge is 2.24. The smallest absolute Gasteiger partial charge is 0.247 e. The molecule has 0 aromatic rings. The van der Waals surface area contributed by atoms with Crippen molar-refractivity contribution in [1.29, 1.82) is 10.5 Å². The maximum Gasteiger partial charge on any atom is 0.247 e. The topological polar surface area (TPSA) is 122 Å². The van der Waals surface area contributed by atoms with Crippen LogP contribution < -0.4 is 5.32 Å². The van der Waals surface area contributed by atoms with Crippen LogP contribution in [0.5, 0.6) is 0 Å². The first-order chi connectivity index (χ1) is 11.3. The number of hydrogen-bond donors (Lipinski definition) is 1. The third-order valence-corrected chi connectivity index (χ3v) is 3.02. The van der Waals surface area contributed by atoms with Gasteiger partial charge in [-0.3, -0.25) is 14.9 Å². The molecule has 124 valence electrons. The summed E-state index contributed by atoms with van der Waals surface area (Å²) in [5, 5.41) is 28.0. The molecule has 2 atom stereocenters. The molecule has 0 fully saturated rings. The predicted octanol–water partition coefficient (Wildman–Crippen LogP) is 1.28. The van der Waals surface area contributed by atoms with Crippen LogP contribution in [-0.4, -0.2) is 28.3 Å². The lowest BCUT2D eigenvalue weighted by Crippen LogP contribution is -2.25. The van der Waals surface area contributed by atoms with E-state index in [2.05, 4.69) is 15.5 Å². The molecule has 2 amide bonds. The second kappa shape index (κ2) is 10.4. The first kappa shape index (κ1) is 20.6. The van der Waals surface area contributed by atoms with E-state index in [0.29, 0.717) is 11.3 Å². The molecular weight excluding hydrogens is 308 g/mol. The molecule has 0 bridgehead atoms. The van der Waals surface area contributed by atoms with Gasteiger partial charge in [-0.05, 0) is 26.7 Å². The Morgan fingerprint density at radius 1 is 1.33 bits per heavy atom. The number of carbonyl (C=O) groups is 2. The van der Waals surface area contributed by atoms with Gasteiger partial charge in [0, 0.05) is 24.9 Å². The predicted molar refractivity (Wildman–Crippen MR) is 85.1 cm³/mol. The minimum atomic E-state index is -1.16. The molecule has 24 heavy (non-hydrogen) atoms. The van der Waals surface area contributed by atoms with Crippen molar-refractivity contribution in [2.24, 2.45) is 10.2 Å². The number of nitrogens with one attached hydrogen (secondary N) is 1. The molecule has 2 unspecified atom stereocenters. The Morgan fingerprint density at radius 3 is 2.50 bits per heavy atom. The van der Waals surface area contributed by atoms with Crippen molar-refractivity contribution in [3.8, 4) is 37.2 Å². The van der Waals surface area contributed by atoms with Gasteiger partial charge in [-0.1, -0.05) is 12.8 Å². The first-order valence-electron chi connectivity index (χ1n) is 7.08. The summed E-state index contributed by atoms with van der Waals surface area (Å²) in [5.74, 6) is -0.880. The van der Waals surface area contributed by atoms with Crippen LogP contribution in [0.2, 0.25) is 0 Å². The van der Waals surface area contributed by atoms with Gasteiger partial charge in [0.25, 0.3) is 0 Å². The van der Waals surface area contributed by atoms with Gasteiger partial charge >= 0.3 is 0 Å². The minimum absolute atomic E-state index is 0.0335. The van der Waals surface area contributed by atoms with E-state index in [9.17, 15) is 14.9 Å². The second-order valence-corrected chi connectivity index (χ2v) is 5.14. The van der Waals surface area contributed by atoms with E-state index in [-0.39, 0.29) is 31.2 Å². The number of nitriles is 2. The lowest BCUT2D eigenvalue weighted by atomic mass is 9.99. The molecular formula is C16H18N6O2. The number of rotatable bonds is 8. The summed E-state index contributed by atoms with van der Waals surface area (Å²) >= 11 is 0. The van der Waals surface area contributed by atoms with Crippen LogP contribution in [0.25, 0.3) is 0 Å². The van der Waals surface area contributed by atoms with Gasteiger partial charge in [-0.2, -0.15) is 25.7 Å². The third kappa shape index (κ3) is 7.59. The van der Waals surface area contributed by atoms with Crippen LogP contribution in [0.1, 0.15) is 39.5 Å². The summed E-state index contributed by atoms with van der Waals surface area (Å²) in [4.78, 5) is 23.5. The lowest BCUT2D eigenvalue weighted by Gasteiger charge is -2.15. The Bertz CT molecular complexity index is 644. The summed E-state index contributed by atoms with van der Waals surface area (Å²) in [6.45, 7) is 3.26. The van der Waals surface area contributed by atoms with Crippen molar-refractivity contribution >= 4 is 11.8 Å². The molecule has 0 radical (unpaired) electrons. The van der Waals surface area contributed by atoms with E-state index in [0.717, 1.165) is 0 Å². The fourth-order valence-corrected chi connectivity index (χ4v) is 1.51. The Kier molecular flexibility index (Phi) is 8.93. The highest BCUT2D eigenvalue weighted by molar-refractivity contribution is 5.79. The molecule has 0 heterocycles. The average molecular weight is 326 g/mol. The fourth-order valence-electron chi connectivity index (χ4n) is 1.51. The largest absolute Gasteiger partial charge is 0.285 e. The molecule has 0 aliphatic rings. The van der Waals surface area contributed by atoms with Crippen LogP contribution >= 0.6 is 0 Å². The lowest BCUT2D eigenvalue weighted by molar-refractivity contribution is -0.125. The summed E-state index contributed by atoms with van der Waals surface area (Å²) < 4.78 is 0. The maximum atomic E-state index is 11.6. The standard InChI is InChI=1S/C16H18N6O2/c1-5-19-14(23)9-10-16(4,11-17)21-20-13(3)7-8-15(24)22(6-2)12-18/h1-2,13H,7-10H2,3-4H3,(H,19,23). The molecule has 8 heteroatoms. The van der Waals surface area contributed by atoms with Gasteiger partial charge in [0.1, 0.15) is 0 Å². The number of hydrogen-bond acceptors (Lipinski definition) is 6. The van der Waals surface area contributed by atoms with E-state index in [1.54, 1.807) is 20.0 Å². The molecule has 0 aliphatic carbocycles. The van der Waals surface area contributed by atoms with Gasteiger partial charge in [-0.15, -0.1) is 0 Å². The number of amides is 2. The van der Waals surface area contributed by atoms with Crippen molar-refractivity contribution < 1.29 is 9.59 Å². The summed E-state index contributed by atoms with van der Waals surface area (Å²) in [6, 6.07) is 5.61. The zero-order valence-corrected chi connectivity index (χ0v) is 13.6. The number of azo groups is 1. The number of carbonyl (C=O) groups excluding carboxylic acids is 2. The first-order valence-corrected chi connectivity index (χ1v) is 7.08. The van der Waals surface area contributed by atoms with Crippen LogP contribution in [0.3, 0.4) is 0 Å². The zero-order chi connectivity index (χ0) is 18.6. The highest BCUT2D eigenvalue weighted by Crippen LogP contribution is 2.18. The monoisotopic (exact) mass is 326 g/mol. The average Bonchev–Trinajstić information content (AvgIpc) is 2.57. The van der Waals surface area contributed by atoms with Crippen molar-refractivity contribution in [2.45, 2.75) is 51.1 Å². The molecule has 0 aliphatic heterocycles. The molecule has 8 nitrogen and oxygen atoms in total. The molecule has 0 saturated heterocycles. The Labute approximate surface area is 141 Å². The quantitative estimate of drug-likeness (QED) is 0.312. The Morgan fingerprint density at radius 2 is 2.00 bits per heavy atom. The van der Waals surface area contributed by atoms with Crippen molar-refractivity contribution in [3.63, 3.8) is 0 Å². The summed E-state index contributed by atoms with van der Waals surface area (Å²) in [6.07, 6.45) is 12.1. The molecule has 1 N–H and O–H groups in total. The Balaban J connectivity index is 4.57. The van der Waals surface area contributed by atoms with Crippen molar-refractivity contribution in [3.05, 3.63) is 0 Å². The Hall–Kier alpha value is -3.36. The highest BCUT2D eigenvalue weighted by atomic mass is 16.2. The van der Waals surface area contributed by atoms with E-state index in [1.165, 1.54) is 0 Å². The summed E-state index contributed by atoms with van der Waals surface area (Å²) in [5.41, 5.74) is -1.16. The normalized spacial score (nSPS) is 13.4. The van der Waals surface area contributed by atoms with Gasteiger partial charge in [-0.25, -0.2) is 0 Å². The second-order valence-electron chi connectivity index (χ2n) is 5.14. The van der Waals surface area contributed by atoms with Gasteiger partial charge in [0.05, 0.1) is 12.1 Å². The molecule has 0 aromatic carbocycles. The number of terminal acetylenes is 2. The van der Waals surface area contributed by atoms with Crippen LogP contribution in [0.4, 0.5) is 0 Å². The molecule has 0 spiro atoms. The van der Waals surface area contributed by atoms with Crippen LogP contribution in [0, 0.1) is 47.7 Å². The van der Waals surface area contributed by atoms with E-state index in [1.807, 2.05) is 18.2 Å². The van der Waals surface area contributed by atoms with E-state index >= 15 is 0 Å². The van der Waals surface area contributed by atoms with Crippen molar-refractivity contribution in [1.82, 2.24) is 10.2 Å². The van der Waals surface area contributed by atoms with E-state index in [4.69, 9.17) is 18.1 Å². The zero-order valence-electron chi connectivity index (χ0n) is 13.6. The number of nitrogens with zero attached hydrogens (tertiary/aromatic N) is 5. The van der Waals surface area contributed by atoms with Gasteiger partial charge < -0.3 is 0 Å². The fraction of sp³-hybridized carbons (Fsp3) is 0.500. The van der Waals surface area contributed by atoms with Gasteiger partial charge in [0.15, 0.2) is 11.7 Å². The van der Waals surface area contributed by atoms with Crippen molar-refractivity contribution in [2.75, 3.05) is 0 Å². The maximum absolute atomic E-state index is 11.6. The molecule has 0 saturated carbocycles. The SMILES string of the molecule is C#CNC(=O)CCC(C)(C#N)N=NC(C)CCC(=O)N(C#C)C#N. The third-order valence-electron chi connectivity index (χ3n) is 3.02. The molecule has 0 aromatic heterocycles. The van der Waals surface area contributed by atoms with E-state index < -0.39 is 11.4 Å². The minimum Gasteiger partial charge on any atom is -0.285 e. The van der Waals surface area contributed by atoms with Gasteiger partial charge in [0.2, 0.25) is 11.8 Å². The summed E-state index contributed by atoms with van der Waals surface area (Å²) in [7, 11) is 0. The van der Waals surface area contributed by atoms with Crippen LogP contribution in [-0.2, 0) is 9.59 Å². The van der Waals surface area contributed by atoms with Crippen LogP contribution in [0.15, 0.2) is 10.2 Å².